The lowest BCUT2D eigenvalue weighted by Crippen LogP contribution is -2.43. The lowest BCUT2D eigenvalue weighted by molar-refractivity contribution is -0.133. The van der Waals surface area contributed by atoms with Crippen LogP contribution >= 0.6 is 0 Å². The van der Waals surface area contributed by atoms with E-state index in [0.29, 0.717) is 37.6 Å². The minimum absolute atomic E-state index is 0.121. The number of nitrogens with one attached hydrogen (secondary N) is 4. The second-order valence-corrected chi connectivity index (χ2v) is 12.5. The first-order valence-corrected chi connectivity index (χ1v) is 17.2. The standard InChI is InChI=1S/C37H44N8O7/c1-5-8-23-13-28-26-10-9-24(29-15-38-32(42-29)19-44(11-6-2)34(46)17-40-36(48)49)12-25(26)21-52-31(28)14-27(23)30-16-39-33(43-30)20-45(22(4)7-3)35(47)18-41-37(50)51/h5,8-10,12-16,22,40-41H,6-7,11,17-21H2,1-4H3,(H,38,42)(H,39,43)(H,48,49)(H,50,51)/b8-5-/t22-/m0/s1. The summed E-state index contributed by atoms with van der Waals surface area (Å²) in [5, 5.41) is 22.1. The van der Waals surface area contributed by atoms with Gasteiger partial charge >= 0.3 is 12.2 Å². The predicted molar refractivity (Wildman–Crippen MR) is 194 cm³/mol. The van der Waals surface area contributed by atoms with Crippen molar-refractivity contribution in [1.29, 1.82) is 0 Å². The van der Waals surface area contributed by atoms with Crippen LogP contribution in [0, 0.1) is 0 Å². The average Bonchev–Trinajstić information content (AvgIpc) is 3.81. The number of allylic oxidation sites excluding steroid dienone is 1. The number of aromatic amines is 2. The van der Waals surface area contributed by atoms with Gasteiger partial charge < -0.3 is 45.4 Å². The average molecular weight is 713 g/mol. The van der Waals surface area contributed by atoms with Crippen LogP contribution in [-0.4, -0.2) is 89.6 Å². The van der Waals surface area contributed by atoms with Crippen molar-refractivity contribution >= 4 is 30.1 Å². The molecule has 2 aromatic heterocycles. The van der Waals surface area contributed by atoms with Crippen LogP contribution in [0.1, 0.15) is 63.3 Å². The van der Waals surface area contributed by atoms with E-state index >= 15 is 0 Å². The van der Waals surface area contributed by atoms with E-state index in [9.17, 15) is 19.2 Å². The van der Waals surface area contributed by atoms with Gasteiger partial charge in [-0.05, 0) is 67.1 Å². The highest BCUT2D eigenvalue weighted by atomic mass is 16.5. The fourth-order valence-electron chi connectivity index (χ4n) is 6.08. The molecule has 0 saturated carbocycles. The summed E-state index contributed by atoms with van der Waals surface area (Å²) in [4.78, 5) is 66.2. The van der Waals surface area contributed by atoms with Crippen molar-refractivity contribution in [3.05, 3.63) is 71.6 Å². The highest BCUT2D eigenvalue weighted by Gasteiger charge is 2.24. The molecule has 0 spiro atoms. The van der Waals surface area contributed by atoms with Gasteiger partial charge in [-0.2, -0.15) is 0 Å². The molecule has 0 bridgehead atoms. The van der Waals surface area contributed by atoms with Gasteiger partial charge in [-0.1, -0.05) is 38.1 Å². The van der Waals surface area contributed by atoms with Crippen molar-refractivity contribution in [1.82, 2.24) is 40.4 Å². The number of hydrogen-bond donors (Lipinski definition) is 6. The molecule has 15 nitrogen and oxygen atoms in total. The number of nitrogens with zero attached hydrogens (tertiary/aromatic N) is 4. The molecule has 0 radical (unpaired) electrons. The van der Waals surface area contributed by atoms with Crippen LogP contribution < -0.4 is 15.4 Å². The van der Waals surface area contributed by atoms with Gasteiger partial charge in [0.2, 0.25) is 11.8 Å². The zero-order valence-corrected chi connectivity index (χ0v) is 29.7. The maximum absolute atomic E-state index is 12.9. The van der Waals surface area contributed by atoms with Crippen LogP contribution in [-0.2, 0) is 29.3 Å². The number of H-pyrrole nitrogens is 2. The molecule has 2 aromatic carbocycles. The summed E-state index contributed by atoms with van der Waals surface area (Å²) in [6.07, 6.45) is 6.33. The highest BCUT2D eigenvalue weighted by molar-refractivity contribution is 5.86. The number of carboxylic acid groups (broad SMARTS) is 2. The van der Waals surface area contributed by atoms with Crippen molar-refractivity contribution in [2.24, 2.45) is 0 Å². The smallest absolute Gasteiger partial charge is 0.405 e. The first kappa shape index (κ1) is 37.1. The summed E-state index contributed by atoms with van der Waals surface area (Å²) in [6.45, 7) is 8.39. The SMILES string of the molecule is C/C=C\c1cc2c(cc1-c1cnc(CN(C(=O)CNC(=O)O)[C@@H](C)CC)[nH]1)OCc1cc(-c3cnc(CN(CCC)C(=O)CNC(=O)O)[nH]3)ccc1-2. The molecule has 1 aliphatic rings. The summed E-state index contributed by atoms with van der Waals surface area (Å²) in [6, 6.07) is 10.1. The topological polar surface area (TPSA) is 206 Å². The summed E-state index contributed by atoms with van der Waals surface area (Å²) in [5.41, 5.74) is 7.24. The van der Waals surface area contributed by atoms with E-state index in [0.717, 1.165) is 50.5 Å². The van der Waals surface area contributed by atoms with E-state index in [2.05, 4.69) is 48.8 Å². The number of imidazole rings is 2. The molecule has 0 fully saturated rings. The quantitative estimate of drug-likeness (QED) is 0.0924. The van der Waals surface area contributed by atoms with E-state index in [1.54, 1.807) is 22.2 Å². The number of fused-ring (bicyclic) bond motifs is 3. The number of rotatable bonds is 15. The third-order valence-electron chi connectivity index (χ3n) is 8.87. The van der Waals surface area contributed by atoms with Gasteiger partial charge in [-0.15, -0.1) is 0 Å². The summed E-state index contributed by atoms with van der Waals surface area (Å²) in [7, 11) is 0. The third-order valence-corrected chi connectivity index (χ3v) is 8.87. The van der Waals surface area contributed by atoms with E-state index in [-0.39, 0.29) is 44.0 Å². The number of benzene rings is 2. The maximum atomic E-state index is 12.9. The molecule has 4 amide bonds. The minimum Gasteiger partial charge on any atom is -0.488 e. The third kappa shape index (κ3) is 8.78. The molecule has 52 heavy (non-hydrogen) atoms. The molecule has 274 valence electrons. The van der Waals surface area contributed by atoms with Crippen LogP contribution in [0.15, 0.2) is 48.8 Å². The van der Waals surface area contributed by atoms with Crippen LogP contribution in [0.2, 0.25) is 0 Å². The summed E-state index contributed by atoms with van der Waals surface area (Å²) >= 11 is 0. The Balaban J connectivity index is 1.37. The molecule has 0 aliphatic carbocycles. The van der Waals surface area contributed by atoms with Crippen LogP contribution in [0.25, 0.3) is 39.7 Å². The molecule has 15 heteroatoms. The maximum Gasteiger partial charge on any atom is 0.405 e. The Kier molecular flexibility index (Phi) is 11.9. The molecular weight excluding hydrogens is 668 g/mol. The second-order valence-electron chi connectivity index (χ2n) is 12.5. The number of hydrogen-bond acceptors (Lipinski definition) is 7. The normalized spacial score (nSPS) is 12.4. The van der Waals surface area contributed by atoms with Crippen molar-refractivity contribution in [2.45, 2.75) is 66.3 Å². The summed E-state index contributed by atoms with van der Waals surface area (Å²) < 4.78 is 6.30. The monoisotopic (exact) mass is 712 g/mol. The van der Waals surface area contributed by atoms with Crippen LogP contribution in [0.5, 0.6) is 5.75 Å². The number of aromatic nitrogens is 4. The van der Waals surface area contributed by atoms with Crippen molar-refractivity contribution in [2.75, 3.05) is 19.6 Å². The number of carbonyl (C=O) groups excluding carboxylic acids is 2. The Bertz CT molecular complexity index is 1970. The molecule has 4 aromatic rings. The van der Waals surface area contributed by atoms with E-state index < -0.39 is 12.2 Å². The molecule has 0 saturated heterocycles. The highest BCUT2D eigenvalue weighted by Crippen LogP contribution is 2.43. The summed E-state index contributed by atoms with van der Waals surface area (Å²) in [5.74, 6) is 1.22. The van der Waals surface area contributed by atoms with Gasteiger partial charge in [0.15, 0.2) is 0 Å². The van der Waals surface area contributed by atoms with E-state index in [1.807, 2.05) is 52.0 Å². The fraction of sp³-hybridized carbons (Fsp3) is 0.351. The van der Waals surface area contributed by atoms with Gasteiger partial charge in [-0.25, -0.2) is 19.6 Å². The lowest BCUT2D eigenvalue weighted by Gasteiger charge is -2.27. The van der Waals surface area contributed by atoms with Gasteiger partial charge in [0.05, 0.1) is 36.9 Å². The van der Waals surface area contributed by atoms with Gasteiger partial charge in [0.25, 0.3) is 0 Å². The fourth-order valence-corrected chi connectivity index (χ4v) is 6.08. The lowest BCUT2D eigenvalue weighted by atomic mass is 9.91. The van der Waals surface area contributed by atoms with Gasteiger partial charge in [-0.3, -0.25) is 9.59 Å². The number of ether oxygens (including phenoxy) is 1. The van der Waals surface area contributed by atoms with E-state index in [1.165, 1.54) is 0 Å². The van der Waals surface area contributed by atoms with E-state index in [4.69, 9.17) is 14.9 Å². The van der Waals surface area contributed by atoms with Crippen molar-refractivity contribution in [3.63, 3.8) is 0 Å². The molecule has 3 heterocycles. The van der Waals surface area contributed by atoms with Crippen molar-refractivity contribution < 1.29 is 34.1 Å². The first-order chi connectivity index (χ1) is 25.0. The predicted octanol–water partition coefficient (Wildman–Crippen LogP) is 5.46. The molecule has 1 aliphatic heterocycles. The van der Waals surface area contributed by atoms with Crippen LogP contribution in [0.3, 0.4) is 0 Å². The molecular formula is C37H44N8O7. The Morgan fingerprint density at radius 3 is 2.25 bits per heavy atom. The Morgan fingerprint density at radius 2 is 1.58 bits per heavy atom. The number of carbonyl (C=O) groups is 4. The Hall–Kier alpha value is -6.12. The number of amides is 4. The second kappa shape index (κ2) is 16.7. The molecule has 6 N–H and O–H groups in total. The Labute approximate surface area is 301 Å². The largest absolute Gasteiger partial charge is 0.488 e. The van der Waals surface area contributed by atoms with Crippen molar-refractivity contribution in [3.8, 4) is 39.4 Å². The zero-order chi connectivity index (χ0) is 37.4. The molecule has 1 atom stereocenters. The minimum atomic E-state index is -1.25. The molecule has 5 rings (SSSR count). The van der Waals surface area contributed by atoms with Gasteiger partial charge in [0, 0.05) is 23.7 Å². The molecule has 0 unspecified atom stereocenters. The first-order valence-electron chi connectivity index (χ1n) is 17.2. The van der Waals surface area contributed by atoms with Gasteiger partial charge in [0.1, 0.15) is 37.1 Å². The Morgan fingerprint density at radius 1 is 0.904 bits per heavy atom. The van der Waals surface area contributed by atoms with Crippen LogP contribution in [0.4, 0.5) is 9.59 Å². The zero-order valence-electron chi connectivity index (χ0n) is 29.7.